The first-order valence-electron chi connectivity index (χ1n) is 13.0. The van der Waals surface area contributed by atoms with Crippen LogP contribution in [-0.2, 0) is 23.1 Å². The van der Waals surface area contributed by atoms with E-state index < -0.39 is 17.5 Å². The van der Waals surface area contributed by atoms with Crippen LogP contribution in [0.2, 0.25) is 0 Å². The number of rotatable bonds is 6. The fraction of sp³-hybridized carbons (Fsp3) is 0.379. The quantitative estimate of drug-likeness (QED) is 0.465. The molecule has 9 heteroatoms. The smallest absolute Gasteiger partial charge is 0.350 e. The number of aromatic nitrogens is 2. The number of benzene rings is 2. The lowest BCUT2D eigenvalue weighted by Crippen LogP contribution is -2.48. The van der Waals surface area contributed by atoms with Crippen LogP contribution in [0.5, 0.6) is 0 Å². The highest BCUT2D eigenvalue weighted by atomic mass is 19.1. The SMILES string of the molecule is CCOC(=O)C1C(C)=Nc2c(c(N3CCN(Cc4ccccc4F)CC3)nc(=O)n2C)C1c1ccccc1. The zero-order valence-corrected chi connectivity index (χ0v) is 21.9. The molecule has 2 aromatic carbocycles. The van der Waals surface area contributed by atoms with Crippen molar-refractivity contribution in [3.8, 4) is 0 Å². The van der Waals surface area contributed by atoms with E-state index in [1.165, 1.54) is 10.6 Å². The molecule has 1 saturated heterocycles. The van der Waals surface area contributed by atoms with Crippen molar-refractivity contribution in [3.63, 3.8) is 0 Å². The molecule has 5 rings (SSSR count). The zero-order valence-electron chi connectivity index (χ0n) is 21.9. The van der Waals surface area contributed by atoms with Gasteiger partial charge in [-0.3, -0.25) is 14.3 Å². The molecule has 1 aromatic heterocycles. The summed E-state index contributed by atoms with van der Waals surface area (Å²) in [5.41, 5.74) is 2.55. The molecule has 0 spiro atoms. The average Bonchev–Trinajstić information content (AvgIpc) is 2.92. The van der Waals surface area contributed by atoms with Crippen molar-refractivity contribution < 1.29 is 13.9 Å². The van der Waals surface area contributed by atoms with Gasteiger partial charge in [-0.2, -0.15) is 4.98 Å². The first-order valence-corrected chi connectivity index (χ1v) is 13.0. The number of fused-ring (bicyclic) bond motifs is 1. The number of anilines is 1. The Kier molecular flexibility index (Phi) is 7.37. The van der Waals surface area contributed by atoms with E-state index in [0.29, 0.717) is 55.6 Å². The molecule has 198 valence electrons. The molecule has 0 bridgehead atoms. The molecule has 2 atom stereocenters. The number of aliphatic imine (C=N–C) groups is 1. The highest BCUT2D eigenvalue weighted by molar-refractivity contribution is 6.05. The summed E-state index contributed by atoms with van der Waals surface area (Å²) in [6.07, 6.45) is 0. The Labute approximate surface area is 221 Å². The second-order valence-corrected chi connectivity index (χ2v) is 9.74. The van der Waals surface area contributed by atoms with Gasteiger partial charge in [0.25, 0.3) is 0 Å². The van der Waals surface area contributed by atoms with Crippen molar-refractivity contribution in [2.24, 2.45) is 18.0 Å². The van der Waals surface area contributed by atoms with Gasteiger partial charge in [-0.25, -0.2) is 14.2 Å². The van der Waals surface area contributed by atoms with E-state index in [1.807, 2.05) is 43.3 Å². The number of nitrogens with zero attached hydrogens (tertiary/aromatic N) is 5. The van der Waals surface area contributed by atoms with E-state index in [-0.39, 0.29) is 18.4 Å². The third-order valence-corrected chi connectivity index (χ3v) is 7.39. The topological polar surface area (TPSA) is 80.0 Å². The van der Waals surface area contributed by atoms with Crippen LogP contribution in [0.1, 0.15) is 36.5 Å². The fourth-order valence-electron chi connectivity index (χ4n) is 5.44. The molecule has 2 unspecified atom stereocenters. The molecule has 0 aliphatic carbocycles. The van der Waals surface area contributed by atoms with Gasteiger partial charge in [0.15, 0.2) is 0 Å². The monoisotopic (exact) mass is 517 g/mol. The van der Waals surface area contributed by atoms with Gasteiger partial charge in [-0.1, -0.05) is 48.5 Å². The van der Waals surface area contributed by atoms with Gasteiger partial charge >= 0.3 is 11.7 Å². The summed E-state index contributed by atoms with van der Waals surface area (Å²) < 4.78 is 21.1. The predicted molar refractivity (Wildman–Crippen MR) is 145 cm³/mol. The van der Waals surface area contributed by atoms with Crippen LogP contribution in [0.3, 0.4) is 0 Å². The Morgan fingerprint density at radius 1 is 1.05 bits per heavy atom. The van der Waals surface area contributed by atoms with Gasteiger partial charge in [-0.15, -0.1) is 0 Å². The largest absolute Gasteiger partial charge is 0.465 e. The number of piperazine rings is 1. The molecule has 3 aromatic rings. The molecule has 8 nitrogen and oxygen atoms in total. The fourth-order valence-corrected chi connectivity index (χ4v) is 5.44. The molecule has 0 N–H and O–H groups in total. The van der Waals surface area contributed by atoms with Gasteiger partial charge < -0.3 is 9.64 Å². The van der Waals surface area contributed by atoms with Crippen molar-refractivity contribution in [3.05, 3.63) is 87.6 Å². The van der Waals surface area contributed by atoms with E-state index in [4.69, 9.17) is 9.73 Å². The maximum absolute atomic E-state index is 14.2. The number of ether oxygens (including phenoxy) is 1. The van der Waals surface area contributed by atoms with Crippen molar-refractivity contribution in [2.75, 3.05) is 37.7 Å². The molecule has 1 fully saturated rings. The summed E-state index contributed by atoms with van der Waals surface area (Å²) >= 11 is 0. The Bertz CT molecular complexity index is 1410. The molecule has 2 aliphatic heterocycles. The van der Waals surface area contributed by atoms with Gasteiger partial charge in [0, 0.05) is 62.5 Å². The zero-order chi connectivity index (χ0) is 26.8. The highest BCUT2D eigenvalue weighted by Crippen LogP contribution is 2.46. The normalized spacial score (nSPS) is 19.6. The van der Waals surface area contributed by atoms with E-state index in [9.17, 15) is 14.0 Å². The molecule has 2 aliphatic rings. The summed E-state index contributed by atoms with van der Waals surface area (Å²) in [6, 6.07) is 16.6. The number of carbonyl (C=O) groups excluding carboxylic acids is 1. The number of carbonyl (C=O) groups is 1. The summed E-state index contributed by atoms with van der Waals surface area (Å²) in [5, 5.41) is 0. The highest BCUT2D eigenvalue weighted by Gasteiger charge is 2.42. The van der Waals surface area contributed by atoms with Crippen molar-refractivity contribution in [2.45, 2.75) is 26.3 Å². The summed E-state index contributed by atoms with van der Waals surface area (Å²) in [7, 11) is 1.66. The standard InChI is InChI=1S/C29H32FN5O3/c1-4-38-28(36)23-19(2)31-26-25(24(23)20-10-6-5-7-11-20)27(32-29(37)33(26)3)35-16-14-34(15-17-35)18-21-12-8-9-13-22(21)30/h5-13,23-24H,4,14-18H2,1-3H3. The molecular formula is C29H32FN5O3. The molecule has 3 heterocycles. The Morgan fingerprint density at radius 3 is 2.42 bits per heavy atom. The van der Waals surface area contributed by atoms with Crippen LogP contribution >= 0.6 is 0 Å². The lowest BCUT2D eigenvalue weighted by Gasteiger charge is -2.39. The molecule has 0 radical (unpaired) electrons. The van der Waals surface area contributed by atoms with E-state index in [0.717, 1.165) is 11.1 Å². The minimum Gasteiger partial charge on any atom is -0.465 e. The van der Waals surface area contributed by atoms with E-state index in [2.05, 4.69) is 14.8 Å². The maximum Gasteiger partial charge on any atom is 0.350 e. The first kappa shape index (κ1) is 25.8. The van der Waals surface area contributed by atoms with Crippen LogP contribution in [0.25, 0.3) is 0 Å². The number of hydrogen-bond acceptors (Lipinski definition) is 7. The minimum atomic E-state index is -0.634. The summed E-state index contributed by atoms with van der Waals surface area (Å²) in [5.74, 6) is -0.531. The first-order chi connectivity index (χ1) is 18.4. The van der Waals surface area contributed by atoms with Gasteiger partial charge in [-0.05, 0) is 25.5 Å². The predicted octanol–water partition coefficient (Wildman–Crippen LogP) is 3.66. The van der Waals surface area contributed by atoms with E-state index in [1.54, 1.807) is 26.1 Å². The second kappa shape index (κ2) is 10.9. The maximum atomic E-state index is 14.2. The number of esters is 1. The van der Waals surface area contributed by atoms with E-state index >= 15 is 0 Å². The number of halogens is 1. The molecule has 0 saturated carbocycles. The lowest BCUT2D eigenvalue weighted by molar-refractivity contribution is -0.146. The van der Waals surface area contributed by atoms with Gasteiger partial charge in [0.1, 0.15) is 23.4 Å². The van der Waals surface area contributed by atoms with Crippen molar-refractivity contribution >= 4 is 23.3 Å². The van der Waals surface area contributed by atoms with Crippen LogP contribution in [0.4, 0.5) is 16.0 Å². The van der Waals surface area contributed by atoms with Crippen LogP contribution in [0, 0.1) is 11.7 Å². The third-order valence-electron chi connectivity index (χ3n) is 7.39. The van der Waals surface area contributed by atoms with Crippen LogP contribution in [0.15, 0.2) is 64.4 Å². The summed E-state index contributed by atoms with van der Waals surface area (Å²) in [4.78, 5) is 39.8. The third kappa shape index (κ3) is 4.86. The lowest BCUT2D eigenvalue weighted by atomic mass is 9.76. The molecule has 0 amide bonds. The minimum absolute atomic E-state index is 0.207. The Morgan fingerprint density at radius 2 is 1.74 bits per heavy atom. The van der Waals surface area contributed by atoms with Crippen LogP contribution < -0.4 is 10.6 Å². The average molecular weight is 518 g/mol. The van der Waals surface area contributed by atoms with Crippen molar-refractivity contribution in [1.29, 1.82) is 0 Å². The summed E-state index contributed by atoms with van der Waals surface area (Å²) in [6.45, 7) is 6.95. The van der Waals surface area contributed by atoms with Crippen molar-refractivity contribution in [1.82, 2.24) is 14.5 Å². The molecule has 38 heavy (non-hydrogen) atoms. The second-order valence-electron chi connectivity index (χ2n) is 9.74. The van der Waals surface area contributed by atoms with Crippen LogP contribution in [-0.4, -0.2) is 58.9 Å². The Hall–Kier alpha value is -3.85. The van der Waals surface area contributed by atoms with Gasteiger partial charge in [0.2, 0.25) is 0 Å². The van der Waals surface area contributed by atoms with Gasteiger partial charge in [0.05, 0.1) is 6.61 Å². The Balaban J connectivity index is 1.54. The number of hydrogen-bond donors (Lipinski definition) is 0. The molecular weight excluding hydrogens is 485 g/mol.